The Morgan fingerprint density at radius 1 is 1.13 bits per heavy atom. The van der Waals surface area contributed by atoms with E-state index in [-0.39, 0.29) is 12.0 Å². The second kappa shape index (κ2) is 7.65. The van der Waals surface area contributed by atoms with Gasteiger partial charge in [0, 0.05) is 12.0 Å². The molecule has 0 aromatic rings. The van der Waals surface area contributed by atoms with Crippen molar-refractivity contribution in [1.29, 1.82) is 0 Å². The summed E-state index contributed by atoms with van der Waals surface area (Å²) in [6, 6.07) is 0. The summed E-state index contributed by atoms with van der Waals surface area (Å²) in [5.74, 6) is -0.716. The molecular weight excluding hydrogens is 192 g/mol. The lowest BCUT2D eigenvalue weighted by molar-refractivity contribution is -0.137. The van der Waals surface area contributed by atoms with Crippen LogP contribution >= 0.6 is 0 Å². The first-order valence-corrected chi connectivity index (χ1v) is 5.59. The van der Waals surface area contributed by atoms with Gasteiger partial charge in [0.05, 0.1) is 0 Å². The Hall–Kier alpha value is -0.610. The van der Waals surface area contributed by atoms with Gasteiger partial charge in [0.25, 0.3) is 0 Å². The van der Waals surface area contributed by atoms with Gasteiger partial charge in [-0.15, -0.1) is 0 Å². The number of rotatable bonds is 8. The number of hydrogen-bond acceptors (Lipinski definition) is 3. The summed E-state index contributed by atoms with van der Waals surface area (Å²) in [7, 11) is 0. The van der Waals surface area contributed by atoms with Crippen molar-refractivity contribution in [3.8, 4) is 0 Å². The summed E-state index contributed by atoms with van der Waals surface area (Å²) in [5.41, 5.74) is 0.184. The Bertz CT molecular complexity index is 176. The van der Waals surface area contributed by atoms with Crippen molar-refractivity contribution in [1.82, 2.24) is 10.6 Å². The standard InChI is InChI=1S/C11H24N2O2/c1-11(2,3)13-9-5-8-12-7-4-6-10(14)15/h12-13H,4-9H2,1-3H3,(H,14,15). The number of carboxylic acids is 1. The zero-order valence-corrected chi connectivity index (χ0v) is 10.1. The molecule has 0 aliphatic heterocycles. The largest absolute Gasteiger partial charge is 0.481 e. The molecule has 0 heterocycles. The quantitative estimate of drug-likeness (QED) is 0.534. The monoisotopic (exact) mass is 216 g/mol. The van der Waals surface area contributed by atoms with Gasteiger partial charge >= 0.3 is 5.97 Å². The summed E-state index contributed by atoms with van der Waals surface area (Å²) in [6.07, 6.45) is 2.04. The highest BCUT2D eigenvalue weighted by Gasteiger charge is 2.06. The van der Waals surface area contributed by atoms with E-state index in [2.05, 4.69) is 31.4 Å². The summed E-state index contributed by atoms with van der Waals surface area (Å²) >= 11 is 0. The van der Waals surface area contributed by atoms with E-state index in [0.717, 1.165) is 26.1 Å². The maximum absolute atomic E-state index is 10.2. The first-order chi connectivity index (χ1) is 6.92. The van der Waals surface area contributed by atoms with Gasteiger partial charge in [0.1, 0.15) is 0 Å². The number of carbonyl (C=O) groups is 1. The molecule has 0 amide bonds. The van der Waals surface area contributed by atoms with Crippen LogP contribution in [0.4, 0.5) is 0 Å². The molecule has 0 rings (SSSR count). The molecule has 0 aliphatic rings. The van der Waals surface area contributed by atoms with Crippen LogP contribution < -0.4 is 10.6 Å². The average molecular weight is 216 g/mol. The fourth-order valence-corrected chi connectivity index (χ4v) is 1.17. The van der Waals surface area contributed by atoms with Crippen molar-refractivity contribution in [3.05, 3.63) is 0 Å². The van der Waals surface area contributed by atoms with Gasteiger partial charge in [-0.3, -0.25) is 4.79 Å². The fraction of sp³-hybridized carbons (Fsp3) is 0.909. The molecule has 0 fully saturated rings. The second-order valence-corrected chi connectivity index (χ2v) is 4.78. The van der Waals surface area contributed by atoms with Crippen LogP contribution in [0.2, 0.25) is 0 Å². The molecule has 0 spiro atoms. The summed E-state index contributed by atoms with van der Waals surface area (Å²) in [5, 5.41) is 15.0. The molecule has 4 heteroatoms. The van der Waals surface area contributed by atoms with Gasteiger partial charge in [0.15, 0.2) is 0 Å². The lowest BCUT2D eigenvalue weighted by Gasteiger charge is -2.20. The predicted octanol–water partition coefficient (Wildman–Crippen LogP) is 1.22. The van der Waals surface area contributed by atoms with Crippen LogP contribution in [0.1, 0.15) is 40.0 Å². The Kier molecular flexibility index (Phi) is 7.34. The highest BCUT2D eigenvalue weighted by Crippen LogP contribution is 1.97. The van der Waals surface area contributed by atoms with Crippen molar-refractivity contribution < 1.29 is 9.90 Å². The highest BCUT2D eigenvalue weighted by atomic mass is 16.4. The van der Waals surface area contributed by atoms with Gasteiger partial charge in [-0.05, 0) is 53.2 Å². The SMILES string of the molecule is CC(C)(C)NCCCNCCCC(=O)O. The number of aliphatic carboxylic acids is 1. The van der Waals surface area contributed by atoms with E-state index in [1.807, 2.05) is 0 Å². The molecule has 0 aliphatic carbocycles. The van der Waals surface area contributed by atoms with E-state index >= 15 is 0 Å². The first-order valence-electron chi connectivity index (χ1n) is 5.59. The number of hydrogen-bond donors (Lipinski definition) is 3. The number of carboxylic acid groups (broad SMARTS) is 1. The van der Waals surface area contributed by atoms with E-state index < -0.39 is 5.97 Å². The van der Waals surface area contributed by atoms with Gasteiger partial charge in [-0.2, -0.15) is 0 Å². The third-order valence-corrected chi connectivity index (χ3v) is 1.93. The van der Waals surface area contributed by atoms with Crippen molar-refractivity contribution >= 4 is 5.97 Å². The molecule has 15 heavy (non-hydrogen) atoms. The molecular formula is C11H24N2O2. The van der Waals surface area contributed by atoms with Crippen molar-refractivity contribution in [2.24, 2.45) is 0 Å². The maximum Gasteiger partial charge on any atom is 0.303 e. The van der Waals surface area contributed by atoms with Crippen LogP contribution in [-0.4, -0.2) is 36.2 Å². The van der Waals surface area contributed by atoms with E-state index in [1.165, 1.54) is 0 Å². The average Bonchev–Trinajstić information content (AvgIpc) is 2.07. The normalized spacial score (nSPS) is 11.7. The minimum absolute atomic E-state index is 0.184. The summed E-state index contributed by atoms with van der Waals surface area (Å²) in [4.78, 5) is 10.2. The Morgan fingerprint density at radius 3 is 2.27 bits per heavy atom. The molecule has 0 atom stereocenters. The maximum atomic E-state index is 10.2. The third kappa shape index (κ3) is 13.4. The summed E-state index contributed by atoms with van der Waals surface area (Å²) < 4.78 is 0. The fourth-order valence-electron chi connectivity index (χ4n) is 1.17. The van der Waals surface area contributed by atoms with Crippen LogP contribution in [0.3, 0.4) is 0 Å². The lowest BCUT2D eigenvalue weighted by Crippen LogP contribution is -2.37. The van der Waals surface area contributed by atoms with Crippen molar-refractivity contribution in [2.75, 3.05) is 19.6 Å². The van der Waals surface area contributed by atoms with Gasteiger partial charge in [-0.1, -0.05) is 0 Å². The van der Waals surface area contributed by atoms with Gasteiger partial charge in [-0.25, -0.2) is 0 Å². The molecule has 0 unspecified atom stereocenters. The Labute approximate surface area is 92.4 Å². The zero-order valence-electron chi connectivity index (χ0n) is 10.1. The van der Waals surface area contributed by atoms with E-state index in [4.69, 9.17) is 5.11 Å². The van der Waals surface area contributed by atoms with E-state index in [9.17, 15) is 4.79 Å². The molecule has 0 bridgehead atoms. The molecule has 0 saturated carbocycles. The number of nitrogens with one attached hydrogen (secondary N) is 2. The molecule has 0 aromatic carbocycles. The van der Waals surface area contributed by atoms with Crippen molar-refractivity contribution in [2.45, 2.75) is 45.6 Å². The van der Waals surface area contributed by atoms with Crippen LogP contribution in [-0.2, 0) is 4.79 Å². The van der Waals surface area contributed by atoms with E-state index in [0.29, 0.717) is 6.42 Å². The van der Waals surface area contributed by atoms with Crippen LogP contribution in [0.5, 0.6) is 0 Å². The first kappa shape index (κ1) is 14.4. The molecule has 4 nitrogen and oxygen atoms in total. The van der Waals surface area contributed by atoms with Gasteiger partial charge in [0.2, 0.25) is 0 Å². The predicted molar refractivity (Wildman–Crippen MR) is 62.1 cm³/mol. The Balaban J connectivity index is 3.09. The highest BCUT2D eigenvalue weighted by molar-refractivity contribution is 5.66. The van der Waals surface area contributed by atoms with Crippen LogP contribution in [0.25, 0.3) is 0 Å². The molecule has 0 aromatic heterocycles. The van der Waals surface area contributed by atoms with E-state index in [1.54, 1.807) is 0 Å². The molecule has 0 saturated heterocycles. The Morgan fingerprint density at radius 2 is 1.73 bits per heavy atom. The second-order valence-electron chi connectivity index (χ2n) is 4.78. The molecule has 3 N–H and O–H groups in total. The smallest absolute Gasteiger partial charge is 0.303 e. The summed E-state index contributed by atoms with van der Waals surface area (Å²) in [6.45, 7) is 9.17. The minimum Gasteiger partial charge on any atom is -0.481 e. The van der Waals surface area contributed by atoms with Gasteiger partial charge < -0.3 is 15.7 Å². The topological polar surface area (TPSA) is 61.4 Å². The third-order valence-electron chi connectivity index (χ3n) is 1.93. The van der Waals surface area contributed by atoms with Crippen LogP contribution in [0, 0.1) is 0 Å². The van der Waals surface area contributed by atoms with Crippen molar-refractivity contribution in [3.63, 3.8) is 0 Å². The molecule has 90 valence electrons. The molecule has 0 radical (unpaired) electrons. The van der Waals surface area contributed by atoms with Crippen LogP contribution in [0.15, 0.2) is 0 Å². The minimum atomic E-state index is -0.716. The zero-order chi connectivity index (χ0) is 11.7. The lowest BCUT2D eigenvalue weighted by atomic mass is 10.1.